The van der Waals surface area contributed by atoms with Gasteiger partial charge in [-0.1, -0.05) is 31.9 Å². The summed E-state index contributed by atoms with van der Waals surface area (Å²) >= 11 is 0. The first-order valence-corrected chi connectivity index (χ1v) is 9.00. The number of benzene rings is 1. The van der Waals surface area contributed by atoms with Crippen LogP contribution in [0.5, 0.6) is 0 Å². The molecule has 3 rings (SSSR count). The Labute approximate surface area is 139 Å². The molecule has 1 saturated heterocycles. The first-order valence-electron chi connectivity index (χ1n) is 9.00. The normalized spacial score (nSPS) is 16.0. The summed E-state index contributed by atoms with van der Waals surface area (Å²) in [5.41, 5.74) is 2.34. The van der Waals surface area contributed by atoms with Crippen molar-refractivity contribution in [2.45, 2.75) is 32.7 Å². The molecule has 2 aromatic rings. The zero-order chi connectivity index (χ0) is 15.9. The molecule has 1 aliphatic rings. The summed E-state index contributed by atoms with van der Waals surface area (Å²) < 4.78 is 2.35. The predicted octanol–water partition coefficient (Wildman–Crippen LogP) is 2.54. The zero-order valence-electron chi connectivity index (χ0n) is 14.2. The molecule has 5 nitrogen and oxygen atoms in total. The van der Waals surface area contributed by atoms with Crippen LogP contribution in [-0.2, 0) is 6.54 Å². The largest absolute Gasteiger partial charge is 0.354 e. The number of fused-ring (bicyclic) bond motifs is 1. The highest BCUT2D eigenvalue weighted by atomic mass is 15.2. The van der Waals surface area contributed by atoms with Gasteiger partial charge < -0.3 is 15.2 Å². The van der Waals surface area contributed by atoms with Crippen molar-refractivity contribution in [3.8, 4) is 0 Å². The second kappa shape index (κ2) is 8.31. The van der Waals surface area contributed by atoms with Crippen LogP contribution >= 0.6 is 0 Å². The summed E-state index contributed by atoms with van der Waals surface area (Å²) in [5, 5.41) is 6.97. The van der Waals surface area contributed by atoms with Gasteiger partial charge in [-0.2, -0.15) is 0 Å². The van der Waals surface area contributed by atoms with Gasteiger partial charge in [0.15, 0.2) is 0 Å². The van der Waals surface area contributed by atoms with Gasteiger partial charge in [0.25, 0.3) is 0 Å². The molecule has 0 radical (unpaired) electrons. The minimum absolute atomic E-state index is 0.955. The highest BCUT2D eigenvalue weighted by Gasteiger charge is 2.12. The van der Waals surface area contributed by atoms with E-state index in [9.17, 15) is 0 Å². The number of anilines is 1. The minimum Gasteiger partial charge on any atom is -0.354 e. The van der Waals surface area contributed by atoms with Gasteiger partial charge in [0, 0.05) is 45.8 Å². The number of piperazine rings is 1. The third-order valence-corrected chi connectivity index (χ3v) is 4.56. The fraction of sp³-hybridized carbons (Fsp3) is 0.611. The first-order chi connectivity index (χ1) is 11.4. The van der Waals surface area contributed by atoms with Crippen LogP contribution in [0, 0.1) is 0 Å². The lowest BCUT2D eigenvalue weighted by Gasteiger charge is -2.27. The predicted molar refractivity (Wildman–Crippen MR) is 97.1 cm³/mol. The second-order valence-corrected chi connectivity index (χ2v) is 6.30. The Morgan fingerprint density at radius 1 is 1.13 bits per heavy atom. The van der Waals surface area contributed by atoms with Crippen molar-refractivity contribution < 1.29 is 0 Å². The molecular weight excluding hydrogens is 286 g/mol. The van der Waals surface area contributed by atoms with Crippen LogP contribution in [0.25, 0.3) is 11.0 Å². The van der Waals surface area contributed by atoms with Crippen LogP contribution in [0.2, 0.25) is 0 Å². The average molecular weight is 315 g/mol. The molecule has 0 bridgehead atoms. The summed E-state index contributed by atoms with van der Waals surface area (Å²) in [5.74, 6) is 1.03. The number of hydrogen-bond donors (Lipinski definition) is 2. The number of nitrogens with one attached hydrogen (secondary N) is 2. The van der Waals surface area contributed by atoms with E-state index in [-0.39, 0.29) is 0 Å². The van der Waals surface area contributed by atoms with Crippen LogP contribution < -0.4 is 10.6 Å². The van der Waals surface area contributed by atoms with Crippen molar-refractivity contribution >= 4 is 17.0 Å². The third-order valence-electron chi connectivity index (χ3n) is 4.56. The zero-order valence-corrected chi connectivity index (χ0v) is 14.2. The summed E-state index contributed by atoms with van der Waals surface area (Å²) in [4.78, 5) is 7.30. The third kappa shape index (κ3) is 4.24. The Kier molecular flexibility index (Phi) is 5.88. The van der Waals surface area contributed by atoms with E-state index < -0.39 is 0 Å². The molecule has 0 amide bonds. The smallest absolute Gasteiger partial charge is 0.203 e. The van der Waals surface area contributed by atoms with E-state index in [0.29, 0.717) is 0 Å². The van der Waals surface area contributed by atoms with Gasteiger partial charge in [0.2, 0.25) is 5.95 Å². The summed E-state index contributed by atoms with van der Waals surface area (Å²) in [6.45, 7) is 9.84. The molecule has 0 unspecified atom stereocenters. The monoisotopic (exact) mass is 315 g/mol. The Morgan fingerprint density at radius 2 is 1.96 bits per heavy atom. The van der Waals surface area contributed by atoms with Crippen molar-refractivity contribution in [3.63, 3.8) is 0 Å². The van der Waals surface area contributed by atoms with Gasteiger partial charge in [-0.15, -0.1) is 0 Å². The molecule has 5 heteroatoms. The number of aromatic nitrogens is 2. The lowest BCUT2D eigenvalue weighted by molar-refractivity contribution is 0.249. The van der Waals surface area contributed by atoms with Crippen molar-refractivity contribution in [2.75, 3.05) is 44.6 Å². The highest BCUT2D eigenvalue weighted by Crippen LogP contribution is 2.20. The minimum atomic E-state index is 0.955. The number of hydrogen-bond acceptors (Lipinski definition) is 4. The highest BCUT2D eigenvalue weighted by molar-refractivity contribution is 5.78. The maximum absolute atomic E-state index is 4.80. The number of para-hydroxylation sites is 2. The molecule has 0 atom stereocenters. The molecule has 126 valence electrons. The van der Waals surface area contributed by atoms with Crippen LogP contribution in [0.15, 0.2) is 24.3 Å². The molecule has 1 aromatic carbocycles. The van der Waals surface area contributed by atoms with Gasteiger partial charge in [0.1, 0.15) is 0 Å². The van der Waals surface area contributed by atoms with Gasteiger partial charge in [0.05, 0.1) is 11.0 Å². The van der Waals surface area contributed by atoms with Crippen LogP contribution in [0.4, 0.5) is 5.95 Å². The van der Waals surface area contributed by atoms with E-state index in [4.69, 9.17) is 4.98 Å². The molecule has 2 N–H and O–H groups in total. The van der Waals surface area contributed by atoms with E-state index in [1.807, 2.05) is 0 Å². The number of aryl methyl sites for hydroxylation is 1. The van der Waals surface area contributed by atoms with Crippen LogP contribution in [0.3, 0.4) is 0 Å². The van der Waals surface area contributed by atoms with Gasteiger partial charge in [-0.3, -0.25) is 4.90 Å². The molecule has 1 fully saturated rings. The van der Waals surface area contributed by atoms with Gasteiger partial charge >= 0.3 is 0 Å². The van der Waals surface area contributed by atoms with E-state index in [0.717, 1.165) is 57.3 Å². The first kappa shape index (κ1) is 16.3. The Morgan fingerprint density at radius 3 is 2.78 bits per heavy atom. The van der Waals surface area contributed by atoms with Gasteiger partial charge in [-0.05, 0) is 18.6 Å². The molecule has 0 saturated carbocycles. The topological polar surface area (TPSA) is 45.1 Å². The van der Waals surface area contributed by atoms with E-state index in [2.05, 4.69) is 51.3 Å². The number of rotatable bonds is 8. The van der Waals surface area contributed by atoms with Crippen molar-refractivity contribution in [1.29, 1.82) is 0 Å². The quantitative estimate of drug-likeness (QED) is 0.735. The van der Waals surface area contributed by atoms with Crippen LogP contribution in [0.1, 0.15) is 26.2 Å². The lowest BCUT2D eigenvalue weighted by atomic mass is 10.2. The van der Waals surface area contributed by atoms with Crippen molar-refractivity contribution in [1.82, 2.24) is 19.8 Å². The van der Waals surface area contributed by atoms with E-state index in [1.54, 1.807) is 0 Å². The molecular formula is C18H29N5. The summed E-state index contributed by atoms with van der Waals surface area (Å²) in [6.07, 6.45) is 3.73. The average Bonchev–Trinajstić information content (AvgIpc) is 2.94. The maximum atomic E-state index is 4.80. The Balaban J connectivity index is 1.64. The lowest BCUT2D eigenvalue weighted by Crippen LogP contribution is -2.45. The molecule has 1 aliphatic heterocycles. The number of unbranched alkanes of at least 4 members (excludes halogenated alkanes) is 2. The Hall–Kier alpha value is -1.59. The van der Waals surface area contributed by atoms with E-state index >= 15 is 0 Å². The van der Waals surface area contributed by atoms with Gasteiger partial charge in [-0.25, -0.2) is 4.98 Å². The maximum Gasteiger partial charge on any atom is 0.203 e. The Bertz CT molecular complexity index is 600. The number of nitrogens with zero attached hydrogens (tertiary/aromatic N) is 3. The summed E-state index contributed by atoms with van der Waals surface area (Å²) in [7, 11) is 0. The molecule has 23 heavy (non-hydrogen) atoms. The number of imidazole rings is 1. The molecule has 2 heterocycles. The molecule has 1 aromatic heterocycles. The van der Waals surface area contributed by atoms with E-state index in [1.165, 1.54) is 24.8 Å². The van der Waals surface area contributed by atoms with Crippen LogP contribution in [-0.4, -0.2) is 53.7 Å². The van der Waals surface area contributed by atoms with Crippen molar-refractivity contribution in [2.24, 2.45) is 0 Å². The SMILES string of the molecule is CCCCCn1c(NCCN2CCNCC2)nc2ccccc21. The second-order valence-electron chi connectivity index (χ2n) is 6.30. The standard InChI is InChI=1S/C18H29N5/c1-2-3-6-12-23-17-8-5-4-7-16(17)21-18(23)20-11-15-22-13-9-19-10-14-22/h4-5,7-8,19H,2-3,6,9-15H2,1H3,(H,20,21). The fourth-order valence-corrected chi connectivity index (χ4v) is 3.22. The fourth-order valence-electron chi connectivity index (χ4n) is 3.22. The summed E-state index contributed by atoms with van der Waals surface area (Å²) in [6, 6.07) is 8.45. The molecule has 0 aliphatic carbocycles. The molecule has 0 spiro atoms. The van der Waals surface area contributed by atoms with Crippen molar-refractivity contribution in [3.05, 3.63) is 24.3 Å².